The Balaban J connectivity index is 1.72. The molecule has 1 aliphatic rings. The average molecular weight is 510 g/mol. The molecule has 0 bridgehead atoms. The first-order valence-corrected chi connectivity index (χ1v) is 13.7. The summed E-state index contributed by atoms with van der Waals surface area (Å²) < 4.78 is 58.8. The minimum atomic E-state index is -3.69. The number of methoxy groups -OCH3 is 1. The number of hydrogen-bond donors (Lipinski definition) is 1. The van der Waals surface area contributed by atoms with Crippen LogP contribution in [0.1, 0.15) is 24.0 Å². The van der Waals surface area contributed by atoms with Gasteiger partial charge in [-0.15, -0.1) is 0 Å². The Morgan fingerprint density at radius 1 is 0.971 bits per heavy atom. The van der Waals surface area contributed by atoms with Gasteiger partial charge in [0.05, 0.1) is 22.6 Å². The third kappa shape index (κ3) is 5.27. The van der Waals surface area contributed by atoms with Gasteiger partial charge < -0.3 is 10.1 Å². The molecule has 1 amide bonds. The first kappa shape index (κ1) is 26.1. The molecule has 0 atom stereocenters. The van der Waals surface area contributed by atoms with Crippen LogP contribution in [0.4, 0.5) is 5.69 Å². The van der Waals surface area contributed by atoms with Gasteiger partial charge in [0.1, 0.15) is 5.75 Å². The van der Waals surface area contributed by atoms with E-state index < -0.39 is 26.0 Å². The minimum Gasteiger partial charge on any atom is -0.495 e. The molecule has 1 N–H and O–H groups in total. The minimum absolute atomic E-state index is 0.0305. The molecular formula is C23H31N3O6S2. The highest BCUT2D eigenvalue weighted by molar-refractivity contribution is 7.89. The summed E-state index contributed by atoms with van der Waals surface area (Å²) >= 11 is 0. The van der Waals surface area contributed by atoms with Crippen molar-refractivity contribution in [2.75, 3.05) is 39.6 Å². The number of nitrogens with zero attached hydrogens (tertiary/aromatic N) is 2. The fourth-order valence-electron chi connectivity index (χ4n) is 3.77. The summed E-state index contributed by atoms with van der Waals surface area (Å²) in [4.78, 5) is 13.2. The largest absolute Gasteiger partial charge is 0.495 e. The van der Waals surface area contributed by atoms with Crippen LogP contribution in [0.2, 0.25) is 0 Å². The normalized spacial score (nSPS) is 15.9. The zero-order valence-electron chi connectivity index (χ0n) is 20.0. The van der Waals surface area contributed by atoms with E-state index in [0.29, 0.717) is 18.6 Å². The molecule has 1 heterocycles. The average Bonchev–Trinajstić information content (AvgIpc) is 2.80. The van der Waals surface area contributed by atoms with Gasteiger partial charge in [-0.3, -0.25) is 4.79 Å². The fraction of sp³-hybridized carbons (Fsp3) is 0.435. The lowest BCUT2D eigenvalue weighted by Crippen LogP contribution is -2.41. The van der Waals surface area contributed by atoms with E-state index in [0.717, 1.165) is 15.4 Å². The molecule has 0 aromatic heterocycles. The molecule has 186 valence electrons. The number of amides is 1. The summed E-state index contributed by atoms with van der Waals surface area (Å²) in [5, 5.41) is 2.77. The molecule has 2 aromatic rings. The van der Waals surface area contributed by atoms with Crippen LogP contribution >= 0.6 is 0 Å². The van der Waals surface area contributed by atoms with E-state index >= 15 is 0 Å². The third-order valence-corrected chi connectivity index (χ3v) is 9.85. The van der Waals surface area contributed by atoms with E-state index in [2.05, 4.69) is 5.32 Å². The Kier molecular flexibility index (Phi) is 7.71. The first-order chi connectivity index (χ1) is 15.9. The Bertz CT molecular complexity index is 1280. The highest BCUT2D eigenvalue weighted by Gasteiger charge is 2.32. The molecule has 34 heavy (non-hydrogen) atoms. The lowest BCUT2D eigenvalue weighted by molar-refractivity contribution is -0.120. The summed E-state index contributed by atoms with van der Waals surface area (Å²) in [6.07, 6.45) is 0.710. The molecule has 0 unspecified atom stereocenters. The SMILES string of the molecule is COc1ccc(S(=O)(=O)N(C)C)cc1NC(=O)C1CCN(S(=O)(=O)c2ccc(C)c(C)c2)CC1. The Labute approximate surface area is 201 Å². The van der Waals surface area contributed by atoms with E-state index in [1.165, 1.54) is 43.7 Å². The van der Waals surface area contributed by atoms with Crippen LogP contribution in [0.25, 0.3) is 0 Å². The molecule has 9 nitrogen and oxygen atoms in total. The van der Waals surface area contributed by atoms with Crippen molar-refractivity contribution >= 4 is 31.6 Å². The van der Waals surface area contributed by atoms with Gasteiger partial charge in [0.15, 0.2) is 0 Å². The zero-order valence-corrected chi connectivity index (χ0v) is 21.7. The van der Waals surface area contributed by atoms with Gasteiger partial charge >= 0.3 is 0 Å². The van der Waals surface area contributed by atoms with E-state index in [1.54, 1.807) is 18.2 Å². The topological polar surface area (TPSA) is 113 Å². The molecule has 0 saturated carbocycles. The number of carbonyl (C=O) groups excluding carboxylic acids is 1. The van der Waals surface area contributed by atoms with Gasteiger partial charge in [-0.2, -0.15) is 4.31 Å². The number of hydrogen-bond acceptors (Lipinski definition) is 6. The fourth-order valence-corrected chi connectivity index (χ4v) is 6.26. The molecule has 0 spiro atoms. The van der Waals surface area contributed by atoms with E-state index in [-0.39, 0.29) is 34.5 Å². The number of anilines is 1. The Morgan fingerprint density at radius 3 is 2.15 bits per heavy atom. The predicted molar refractivity (Wildman–Crippen MR) is 130 cm³/mol. The second-order valence-electron chi connectivity index (χ2n) is 8.56. The van der Waals surface area contributed by atoms with Gasteiger partial charge in [-0.25, -0.2) is 21.1 Å². The van der Waals surface area contributed by atoms with Gasteiger partial charge in [0.2, 0.25) is 26.0 Å². The van der Waals surface area contributed by atoms with E-state index in [9.17, 15) is 21.6 Å². The number of benzene rings is 2. The monoisotopic (exact) mass is 509 g/mol. The molecule has 1 aliphatic heterocycles. The lowest BCUT2D eigenvalue weighted by Gasteiger charge is -2.30. The molecule has 2 aromatic carbocycles. The summed E-state index contributed by atoms with van der Waals surface area (Å²) in [5.41, 5.74) is 2.18. The van der Waals surface area contributed by atoms with Crippen molar-refractivity contribution < 1.29 is 26.4 Å². The van der Waals surface area contributed by atoms with Crippen molar-refractivity contribution in [2.24, 2.45) is 5.92 Å². The quantitative estimate of drug-likeness (QED) is 0.614. The molecule has 1 saturated heterocycles. The summed E-state index contributed by atoms with van der Waals surface area (Å²) in [5.74, 6) is -0.383. The molecule has 0 aliphatic carbocycles. The molecular weight excluding hydrogens is 478 g/mol. The van der Waals surface area contributed by atoms with E-state index in [4.69, 9.17) is 4.74 Å². The maximum atomic E-state index is 13.0. The number of ether oxygens (including phenoxy) is 1. The van der Waals surface area contributed by atoms with Crippen LogP contribution in [0.3, 0.4) is 0 Å². The van der Waals surface area contributed by atoms with Crippen LogP contribution in [-0.2, 0) is 24.8 Å². The van der Waals surface area contributed by atoms with Crippen LogP contribution < -0.4 is 10.1 Å². The summed E-state index contributed by atoms with van der Waals surface area (Å²) in [7, 11) is -3.04. The van der Waals surface area contributed by atoms with Crippen molar-refractivity contribution in [3.05, 3.63) is 47.5 Å². The predicted octanol–water partition coefficient (Wildman–Crippen LogP) is 2.60. The first-order valence-electron chi connectivity index (χ1n) is 10.9. The molecule has 11 heteroatoms. The maximum absolute atomic E-state index is 13.0. The number of piperidine rings is 1. The highest BCUT2D eigenvalue weighted by atomic mass is 32.2. The lowest BCUT2D eigenvalue weighted by atomic mass is 9.97. The van der Waals surface area contributed by atoms with Gasteiger partial charge in [-0.1, -0.05) is 6.07 Å². The highest BCUT2D eigenvalue weighted by Crippen LogP contribution is 2.31. The van der Waals surface area contributed by atoms with Crippen molar-refractivity contribution in [2.45, 2.75) is 36.5 Å². The standard InChI is InChI=1S/C23H31N3O6S2/c1-16-6-7-19(14-17(16)2)34(30,31)26-12-10-18(11-13-26)23(27)24-21-15-20(8-9-22(21)32-5)33(28,29)25(3)4/h6-9,14-15,18H,10-13H2,1-5H3,(H,24,27). The van der Waals surface area contributed by atoms with Gasteiger partial charge in [-0.05, 0) is 68.1 Å². The van der Waals surface area contributed by atoms with Crippen molar-refractivity contribution in [3.63, 3.8) is 0 Å². The zero-order chi connectivity index (χ0) is 25.3. The second kappa shape index (κ2) is 10.0. The van der Waals surface area contributed by atoms with Gasteiger partial charge in [0.25, 0.3) is 0 Å². The molecule has 1 fully saturated rings. The van der Waals surface area contributed by atoms with Crippen molar-refractivity contribution in [1.29, 1.82) is 0 Å². The number of aryl methyl sites for hydroxylation is 2. The Hall–Kier alpha value is -2.47. The third-order valence-electron chi connectivity index (χ3n) is 6.15. The smallest absolute Gasteiger partial charge is 0.243 e. The number of rotatable bonds is 7. The number of sulfonamides is 2. The van der Waals surface area contributed by atoms with E-state index in [1.807, 2.05) is 13.8 Å². The molecule has 0 radical (unpaired) electrons. The molecule has 3 rings (SSSR count). The maximum Gasteiger partial charge on any atom is 0.243 e. The van der Waals surface area contributed by atoms with Gasteiger partial charge in [0, 0.05) is 33.1 Å². The van der Waals surface area contributed by atoms with Crippen molar-refractivity contribution in [1.82, 2.24) is 8.61 Å². The van der Waals surface area contributed by atoms with Crippen LogP contribution in [0, 0.1) is 19.8 Å². The van der Waals surface area contributed by atoms with Crippen molar-refractivity contribution in [3.8, 4) is 5.75 Å². The Morgan fingerprint density at radius 2 is 1.59 bits per heavy atom. The van der Waals surface area contributed by atoms with Crippen LogP contribution in [0.5, 0.6) is 5.75 Å². The van der Waals surface area contributed by atoms with Crippen LogP contribution in [-0.4, -0.2) is 65.6 Å². The number of nitrogens with one attached hydrogen (secondary N) is 1. The number of carbonyl (C=O) groups is 1. The summed E-state index contributed by atoms with van der Waals surface area (Å²) in [6, 6.07) is 9.35. The summed E-state index contributed by atoms with van der Waals surface area (Å²) in [6.45, 7) is 4.24. The second-order valence-corrected chi connectivity index (χ2v) is 12.7. The van der Waals surface area contributed by atoms with Crippen LogP contribution in [0.15, 0.2) is 46.2 Å².